The van der Waals surface area contributed by atoms with Gasteiger partial charge in [0.2, 0.25) is 0 Å². The van der Waals surface area contributed by atoms with Gasteiger partial charge in [0.25, 0.3) is 0 Å². The number of piperidine rings is 1. The van der Waals surface area contributed by atoms with Gasteiger partial charge in [-0.05, 0) is 50.4 Å². The van der Waals surface area contributed by atoms with Gasteiger partial charge in [0.1, 0.15) is 5.75 Å². The number of hydrogen-bond donors (Lipinski definition) is 2. The molecule has 1 fully saturated rings. The van der Waals surface area contributed by atoms with Crippen LogP contribution in [0.4, 0.5) is 5.69 Å². The average Bonchev–Trinajstić information content (AvgIpc) is 3.15. The van der Waals surface area contributed by atoms with E-state index in [0.29, 0.717) is 11.9 Å². The first-order valence-corrected chi connectivity index (χ1v) is 10.4. The summed E-state index contributed by atoms with van der Waals surface area (Å²) in [5, 5.41) is 6.56. The van der Waals surface area contributed by atoms with Gasteiger partial charge in [-0.3, -0.25) is 9.89 Å². The van der Waals surface area contributed by atoms with Gasteiger partial charge in [-0.2, -0.15) is 0 Å². The summed E-state index contributed by atoms with van der Waals surface area (Å²) in [7, 11) is 1.65. The zero-order valence-electron chi connectivity index (χ0n) is 16.1. The number of likely N-dealkylation sites (tertiary alicyclic amines) is 1. The number of guanidine groups is 1. The predicted molar refractivity (Wildman–Crippen MR) is 113 cm³/mol. The first-order chi connectivity index (χ1) is 13.2. The van der Waals surface area contributed by atoms with Crippen molar-refractivity contribution in [3.63, 3.8) is 0 Å². The first-order valence-electron chi connectivity index (χ1n) is 9.53. The van der Waals surface area contributed by atoms with E-state index < -0.39 is 0 Å². The smallest absolute Gasteiger partial charge is 0.193 e. The van der Waals surface area contributed by atoms with Gasteiger partial charge in [0, 0.05) is 30.2 Å². The highest BCUT2D eigenvalue weighted by molar-refractivity contribution is 7.09. The molecule has 0 spiro atoms. The van der Waals surface area contributed by atoms with Crippen LogP contribution < -0.4 is 15.8 Å². The van der Waals surface area contributed by atoms with Crippen molar-refractivity contribution < 1.29 is 4.74 Å². The van der Waals surface area contributed by atoms with E-state index in [4.69, 9.17) is 10.5 Å². The first kappa shape index (κ1) is 19.6. The molecule has 6 nitrogen and oxygen atoms in total. The lowest BCUT2D eigenvalue weighted by Gasteiger charge is -2.30. The fraction of sp³-hybridized carbons (Fsp3) is 0.500. The van der Waals surface area contributed by atoms with E-state index in [0.717, 1.165) is 56.9 Å². The van der Waals surface area contributed by atoms with Crippen molar-refractivity contribution in [2.24, 2.45) is 16.6 Å². The Balaban J connectivity index is 1.42. The summed E-state index contributed by atoms with van der Waals surface area (Å²) in [5.41, 5.74) is 8.14. The number of aliphatic imine (C=N–C) groups is 1. The molecule has 27 heavy (non-hydrogen) atoms. The van der Waals surface area contributed by atoms with Crippen LogP contribution in [-0.4, -0.2) is 42.6 Å². The molecule has 0 amide bonds. The lowest BCUT2D eigenvalue weighted by atomic mass is 9.97. The summed E-state index contributed by atoms with van der Waals surface area (Å²) < 4.78 is 5.22. The molecule has 1 aromatic carbocycles. The fourth-order valence-electron chi connectivity index (χ4n) is 3.26. The molecule has 1 saturated heterocycles. The van der Waals surface area contributed by atoms with Crippen molar-refractivity contribution in [1.29, 1.82) is 0 Å². The highest BCUT2D eigenvalue weighted by Gasteiger charge is 2.19. The van der Waals surface area contributed by atoms with E-state index in [1.165, 1.54) is 10.7 Å². The Morgan fingerprint density at radius 1 is 1.41 bits per heavy atom. The van der Waals surface area contributed by atoms with E-state index in [1.807, 2.05) is 24.3 Å². The molecule has 0 bridgehead atoms. The second kappa shape index (κ2) is 9.71. The Labute approximate surface area is 165 Å². The van der Waals surface area contributed by atoms with Gasteiger partial charge in [0.05, 0.1) is 17.8 Å². The predicted octanol–water partition coefficient (Wildman–Crippen LogP) is 3.35. The maximum absolute atomic E-state index is 6.04. The molecular formula is C20H29N5OS. The number of aryl methyl sites for hydroxylation is 1. The van der Waals surface area contributed by atoms with Crippen LogP contribution in [0.3, 0.4) is 0 Å². The molecule has 2 aromatic rings. The van der Waals surface area contributed by atoms with Crippen molar-refractivity contribution in [3.8, 4) is 5.75 Å². The number of benzene rings is 1. The minimum Gasteiger partial charge on any atom is -0.497 e. The summed E-state index contributed by atoms with van der Waals surface area (Å²) in [6.07, 6.45) is 3.33. The van der Waals surface area contributed by atoms with Crippen molar-refractivity contribution in [1.82, 2.24) is 9.88 Å². The Kier molecular flexibility index (Phi) is 7.06. The van der Waals surface area contributed by atoms with Crippen LogP contribution >= 0.6 is 11.3 Å². The van der Waals surface area contributed by atoms with Crippen LogP contribution in [0.5, 0.6) is 5.75 Å². The summed E-state index contributed by atoms with van der Waals surface area (Å²) >= 11 is 1.77. The van der Waals surface area contributed by atoms with Gasteiger partial charge in [-0.15, -0.1) is 11.3 Å². The van der Waals surface area contributed by atoms with Crippen molar-refractivity contribution in [3.05, 3.63) is 40.3 Å². The third-order valence-electron chi connectivity index (χ3n) is 4.86. The van der Waals surface area contributed by atoms with Gasteiger partial charge >= 0.3 is 0 Å². The SMILES string of the molecule is CCc1nc(CN2CCC(CN=C(N)Nc3cccc(OC)c3)CC2)cs1. The fourth-order valence-corrected chi connectivity index (χ4v) is 3.99. The number of methoxy groups -OCH3 is 1. The minimum absolute atomic E-state index is 0.459. The van der Waals surface area contributed by atoms with Gasteiger partial charge in [-0.25, -0.2) is 4.98 Å². The molecule has 0 radical (unpaired) electrons. The molecule has 7 heteroatoms. The molecule has 0 atom stereocenters. The molecule has 1 aliphatic rings. The number of ether oxygens (including phenoxy) is 1. The summed E-state index contributed by atoms with van der Waals surface area (Å²) in [6, 6.07) is 7.69. The van der Waals surface area contributed by atoms with Crippen LogP contribution in [0.25, 0.3) is 0 Å². The molecule has 0 saturated carbocycles. The molecule has 1 aromatic heterocycles. The van der Waals surface area contributed by atoms with E-state index in [1.54, 1.807) is 18.4 Å². The Hall–Kier alpha value is -2.12. The van der Waals surface area contributed by atoms with E-state index in [2.05, 4.69) is 32.5 Å². The third kappa shape index (κ3) is 5.94. The van der Waals surface area contributed by atoms with Crippen LogP contribution in [-0.2, 0) is 13.0 Å². The molecule has 1 aliphatic heterocycles. The number of nitrogens with zero attached hydrogens (tertiary/aromatic N) is 3. The molecule has 3 N–H and O–H groups in total. The van der Waals surface area contributed by atoms with Crippen molar-refractivity contribution in [2.75, 3.05) is 32.1 Å². The average molecular weight is 388 g/mol. The zero-order valence-corrected chi connectivity index (χ0v) is 17.0. The molecule has 0 unspecified atom stereocenters. The lowest BCUT2D eigenvalue weighted by Crippen LogP contribution is -2.34. The number of nitrogens with two attached hydrogens (primary N) is 1. The number of hydrogen-bond acceptors (Lipinski definition) is 5. The maximum atomic E-state index is 6.04. The summed E-state index contributed by atoms with van der Waals surface area (Å²) in [5.74, 6) is 1.85. The molecular weight excluding hydrogens is 358 g/mol. The van der Waals surface area contributed by atoms with Gasteiger partial charge < -0.3 is 15.8 Å². The molecule has 146 valence electrons. The number of thiazole rings is 1. The number of rotatable bonds is 7. The van der Waals surface area contributed by atoms with Crippen LogP contribution in [0.1, 0.15) is 30.5 Å². The number of aromatic nitrogens is 1. The largest absolute Gasteiger partial charge is 0.497 e. The molecule has 0 aliphatic carbocycles. The highest BCUT2D eigenvalue weighted by atomic mass is 32.1. The van der Waals surface area contributed by atoms with E-state index >= 15 is 0 Å². The third-order valence-corrected chi connectivity index (χ3v) is 5.90. The maximum Gasteiger partial charge on any atom is 0.193 e. The minimum atomic E-state index is 0.459. The molecule has 2 heterocycles. The van der Waals surface area contributed by atoms with Crippen LogP contribution in [0, 0.1) is 5.92 Å². The topological polar surface area (TPSA) is 75.8 Å². The van der Waals surface area contributed by atoms with E-state index in [9.17, 15) is 0 Å². The van der Waals surface area contributed by atoms with Gasteiger partial charge in [0.15, 0.2) is 5.96 Å². The second-order valence-electron chi connectivity index (χ2n) is 6.89. The van der Waals surface area contributed by atoms with Crippen molar-refractivity contribution in [2.45, 2.75) is 32.7 Å². The Morgan fingerprint density at radius 2 is 2.22 bits per heavy atom. The van der Waals surface area contributed by atoms with Crippen LogP contribution in [0.15, 0.2) is 34.6 Å². The highest BCUT2D eigenvalue weighted by Crippen LogP contribution is 2.21. The monoisotopic (exact) mass is 387 g/mol. The summed E-state index contributed by atoms with van der Waals surface area (Å²) in [6.45, 7) is 6.09. The van der Waals surface area contributed by atoms with Crippen LogP contribution in [0.2, 0.25) is 0 Å². The normalized spacial score (nSPS) is 16.4. The van der Waals surface area contributed by atoms with Gasteiger partial charge in [-0.1, -0.05) is 13.0 Å². The number of anilines is 1. The number of nitrogens with one attached hydrogen (secondary N) is 1. The Morgan fingerprint density at radius 3 is 2.93 bits per heavy atom. The Bertz CT molecular complexity index is 752. The lowest BCUT2D eigenvalue weighted by molar-refractivity contribution is 0.179. The van der Waals surface area contributed by atoms with Crippen molar-refractivity contribution >= 4 is 23.0 Å². The quantitative estimate of drug-likeness (QED) is 0.563. The standard InChI is InChI=1S/C20H29N5OS/c1-3-19-23-17(14-27-19)13-25-9-7-15(8-10-25)12-22-20(21)24-16-5-4-6-18(11-16)26-2/h4-6,11,14-15H,3,7-10,12-13H2,1-2H3,(H3,21,22,24). The zero-order chi connectivity index (χ0) is 19.1. The second-order valence-corrected chi connectivity index (χ2v) is 7.83. The van der Waals surface area contributed by atoms with E-state index in [-0.39, 0.29) is 0 Å². The molecule has 3 rings (SSSR count). The summed E-state index contributed by atoms with van der Waals surface area (Å²) in [4.78, 5) is 11.7.